The number of pyridine rings is 1. The van der Waals surface area contributed by atoms with E-state index in [0.717, 1.165) is 12.1 Å². The molecule has 3 nitrogen and oxygen atoms in total. The van der Waals surface area contributed by atoms with Gasteiger partial charge in [0.25, 0.3) is 0 Å². The van der Waals surface area contributed by atoms with Crippen LogP contribution in [0.25, 0.3) is 0 Å². The molecule has 0 aliphatic rings. The van der Waals surface area contributed by atoms with Crippen LogP contribution in [0, 0.1) is 0 Å². The van der Waals surface area contributed by atoms with E-state index in [0.29, 0.717) is 12.3 Å². The summed E-state index contributed by atoms with van der Waals surface area (Å²) in [6, 6.07) is 5.68. The molecule has 0 amide bonds. The molecule has 0 unspecified atom stereocenters. The smallest absolute Gasteiger partial charge is 0.101 e. The number of hydrogen-bond donors (Lipinski definition) is 1. The lowest BCUT2D eigenvalue weighted by Gasteiger charge is -2.17. The van der Waals surface area contributed by atoms with Crippen molar-refractivity contribution < 1.29 is 9.84 Å². The van der Waals surface area contributed by atoms with Gasteiger partial charge in [-0.05, 0) is 26.0 Å². The van der Waals surface area contributed by atoms with Gasteiger partial charge in [0.1, 0.15) is 5.60 Å². The Bertz CT molecular complexity index is 293. The van der Waals surface area contributed by atoms with E-state index in [4.69, 9.17) is 4.74 Å². The summed E-state index contributed by atoms with van der Waals surface area (Å²) < 4.78 is 4.97. The first kappa shape index (κ1) is 19.4. The molecule has 0 radical (unpaired) electrons. The summed E-state index contributed by atoms with van der Waals surface area (Å²) in [5.74, 6) is 0. The Morgan fingerprint density at radius 3 is 2.17 bits per heavy atom. The molecule has 0 fully saturated rings. The van der Waals surface area contributed by atoms with Gasteiger partial charge < -0.3 is 9.84 Å². The average Bonchev–Trinajstić information content (AvgIpc) is 2.40. The van der Waals surface area contributed by atoms with Crippen molar-refractivity contribution in [2.24, 2.45) is 0 Å². The topological polar surface area (TPSA) is 42.4 Å². The van der Waals surface area contributed by atoms with Gasteiger partial charge in [-0.1, -0.05) is 33.8 Å². The molecule has 0 aliphatic heterocycles. The first-order valence-electron chi connectivity index (χ1n) is 6.72. The van der Waals surface area contributed by atoms with Gasteiger partial charge >= 0.3 is 0 Å². The maximum atomic E-state index is 9.75. The fourth-order valence-corrected chi connectivity index (χ4v) is 1.17. The second-order valence-corrected chi connectivity index (χ2v) is 3.82. The average molecular weight is 255 g/mol. The first-order valence-corrected chi connectivity index (χ1v) is 6.72. The Morgan fingerprint density at radius 1 is 1.17 bits per heavy atom. The third-order valence-electron chi connectivity index (χ3n) is 2.00. The Hall–Kier alpha value is -0.930. The molecule has 0 saturated carbocycles. The minimum Gasteiger partial charge on any atom is -0.384 e. The van der Waals surface area contributed by atoms with E-state index in [2.05, 4.69) is 4.98 Å². The molecule has 106 valence electrons. The molecule has 1 aromatic rings. The van der Waals surface area contributed by atoms with Crippen LogP contribution in [0.4, 0.5) is 0 Å². The number of nitrogens with zero attached hydrogens (tertiary/aromatic N) is 1. The van der Waals surface area contributed by atoms with Crippen LogP contribution >= 0.6 is 0 Å². The highest BCUT2D eigenvalue weighted by molar-refractivity contribution is 5.15. The third kappa shape index (κ3) is 8.20. The van der Waals surface area contributed by atoms with Crippen molar-refractivity contribution in [1.82, 2.24) is 4.98 Å². The lowest BCUT2D eigenvalue weighted by molar-refractivity contribution is 0.0735. The lowest BCUT2D eigenvalue weighted by atomic mass is 10.0. The van der Waals surface area contributed by atoms with E-state index >= 15 is 0 Å². The van der Waals surface area contributed by atoms with E-state index in [1.807, 2.05) is 45.9 Å². The number of ether oxygens (including phenoxy) is 1. The summed E-state index contributed by atoms with van der Waals surface area (Å²) in [4.78, 5) is 4.35. The van der Waals surface area contributed by atoms with Crippen molar-refractivity contribution in [2.45, 2.75) is 53.6 Å². The molecule has 0 aromatic carbocycles. The summed E-state index contributed by atoms with van der Waals surface area (Å²) in [5.41, 5.74) is 0.779. The van der Waals surface area contributed by atoms with Crippen molar-refractivity contribution in [3.63, 3.8) is 0 Å². The molecule has 0 saturated heterocycles. The van der Waals surface area contributed by atoms with Crippen molar-refractivity contribution in [1.29, 1.82) is 0 Å². The number of aromatic nitrogens is 1. The van der Waals surface area contributed by atoms with E-state index in [9.17, 15) is 5.11 Å². The molecule has 1 heterocycles. The second kappa shape index (κ2) is 11.2. The summed E-state index contributed by atoms with van der Waals surface area (Å²) in [7, 11) is 1.67. The number of aliphatic hydroxyl groups is 1. The van der Waals surface area contributed by atoms with E-state index < -0.39 is 5.60 Å². The molecule has 0 aliphatic carbocycles. The zero-order chi connectivity index (χ0) is 14.6. The van der Waals surface area contributed by atoms with Crippen LogP contribution in [0.1, 0.15) is 52.9 Å². The van der Waals surface area contributed by atoms with Crippen molar-refractivity contribution in [3.05, 3.63) is 29.6 Å². The van der Waals surface area contributed by atoms with Gasteiger partial charge in [-0.2, -0.15) is 0 Å². The summed E-state index contributed by atoms with van der Waals surface area (Å²) in [6.07, 6.45) is 0.778. The zero-order valence-corrected chi connectivity index (χ0v) is 12.9. The molecule has 0 atom stereocenters. The van der Waals surface area contributed by atoms with Gasteiger partial charge in [0.2, 0.25) is 0 Å². The van der Waals surface area contributed by atoms with E-state index in [1.54, 1.807) is 21.0 Å². The standard InChI is InChI=1S/C11H17NO2.2C2H6/c1-11(2,13)10-6-4-5-9(12-10)7-8-14-3;2*1-2/h4-6,13H,7-8H2,1-3H3;2*1-2H3. The number of hydrogen-bond acceptors (Lipinski definition) is 3. The van der Waals surface area contributed by atoms with Gasteiger partial charge in [-0.15, -0.1) is 0 Å². The molecule has 3 heteroatoms. The monoisotopic (exact) mass is 255 g/mol. The van der Waals surface area contributed by atoms with Crippen LogP contribution in [-0.4, -0.2) is 23.8 Å². The Kier molecular flexibility index (Phi) is 12.1. The molecule has 1 N–H and O–H groups in total. The number of methoxy groups -OCH3 is 1. The van der Waals surface area contributed by atoms with Crippen LogP contribution in [0.5, 0.6) is 0 Å². The first-order chi connectivity index (χ1) is 8.54. The normalized spacial score (nSPS) is 9.78. The van der Waals surface area contributed by atoms with Crippen molar-refractivity contribution in [2.75, 3.05) is 13.7 Å². The molecule has 0 spiro atoms. The molecular formula is C15H29NO2. The van der Waals surface area contributed by atoms with E-state index in [-0.39, 0.29) is 0 Å². The highest BCUT2D eigenvalue weighted by Crippen LogP contribution is 2.17. The van der Waals surface area contributed by atoms with Gasteiger partial charge in [0, 0.05) is 19.2 Å². The molecular weight excluding hydrogens is 226 g/mol. The highest BCUT2D eigenvalue weighted by Gasteiger charge is 2.17. The van der Waals surface area contributed by atoms with Crippen LogP contribution in [0.2, 0.25) is 0 Å². The van der Waals surface area contributed by atoms with Crippen LogP contribution in [-0.2, 0) is 16.8 Å². The Morgan fingerprint density at radius 2 is 1.72 bits per heavy atom. The fraction of sp³-hybridized carbons (Fsp3) is 0.667. The summed E-state index contributed by atoms with van der Waals surface area (Å²) in [6.45, 7) is 12.1. The Labute approximate surface area is 112 Å². The zero-order valence-electron chi connectivity index (χ0n) is 12.9. The summed E-state index contributed by atoms with van der Waals surface area (Å²) in [5, 5.41) is 9.75. The van der Waals surface area contributed by atoms with Gasteiger partial charge in [-0.25, -0.2) is 0 Å². The SMILES string of the molecule is CC.CC.COCCc1cccc(C(C)(C)O)n1. The minimum atomic E-state index is -0.872. The van der Waals surface area contributed by atoms with E-state index in [1.165, 1.54) is 0 Å². The number of rotatable bonds is 4. The molecule has 1 rings (SSSR count). The predicted octanol–water partition coefficient (Wildman–Crippen LogP) is 3.55. The minimum absolute atomic E-state index is 0.655. The van der Waals surface area contributed by atoms with Crippen LogP contribution < -0.4 is 0 Å². The van der Waals surface area contributed by atoms with Crippen LogP contribution in [0.15, 0.2) is 18.2 Å². The van der Waals surface area contributed by atoms with Gasteiger partial charge in [-0.3, -0.25) is 4.98 Å². The van der Waals surface area contributed by atoms with Gasteiger partial charge in [0.05, 0.1) is 12.3 Å². The predicted molar refractivity (Wildman–Crippen MR) is 77.8 cm³/mol. The van der Waals surface area contributed by atoms with Crippen molar-refractivity contribution in [3.8, 4) is 0 Å². The highest BCUT2D eigenvalue weighted by atomic mass is 16.5. The largest absolute Gasteiger partial charge is 0.384 e. The molecule has 1 aromatic heterocycles. The second-order valence-electron chi connectivity index (χ2n) is 3.82. The van der Waals surface area contributed by atoms with Crippen LogP contribution in [0.3, 0.4) is 0 Å². The third-order valence-corrected chi connectivity index (χ3v) is 2.00. The van der Waals surface area contributed by atoms with Gasteiger partial charge in [0.15, 0.2) is 0 Å². The van der Waals surface area contributed by atoms with Crippen molar-refractivity contribution >= 4 is 0 Å². The molecule has 0 bridgehead atoms. The Balaban J connectivity index is 0. The fourth-order valence-electron chi connectivity index (χ4n) is 1.17. The lowest BCUT2D eigenvalue weighted by Crippen LogP contribution is -2.18. The molecule has 18 heavy (non-hydrogen) atoms. The quantitative estimate of drug-likeness (QED) is 0.894. The maximum Gasteiger partial charge on any atom is 0.101 e. The maximum absolute atomic E-state index is 9.75. The summed E-state index contributed by atoms with van der Waals surface area (Å²) >= 11 is 0.